The van der Waals surface area contributed by atoms with Crippen LogP contribution >= 0.6 is 22.6 Å². The number of para-hydroxylation sites is 1. The van der Waals surface area contributed by atoms with E-state index in [9.17, 15) is 0 Å². The van der Waals surface area contributed by atoms with Crippen molar-refractivity contribution in [3.8, 4) is 0 Å². The SMILES string of the molecule is ICCc1cc2ccccc2[nH]1. The van der Waals surface area contributed by atoms with Crippen molar-refractivity contribution in [1.29, 1.82) is 0 Å². The quantitative estimate of drug-likeness (QED) is 0.638. The molecule has 0 aliphatic carbocycles. The number of fused-ring (bicyclic) bond motifs is 1. The summed E-state index contributed by atoms with van der Waals surface area (Å²) in [4.78, 5) is 3.39. The summed E-state index contributed by atoms with van der Waals surface area (Å²) in [6.45, 7) is 0. The Balaban J connectivity index is 2.47. The molecular formula is C10H10IN. The Morgan fingerprint density at radius 3 is 2.83 bits per heavy atom. The average molecular weight is 271 g/mol. The van der Waals surface area contributed by atoms with E-state index in [0.717, 1.165) is 6.42 Å². The Labute approximate surface area is 85.3 Å². The van der Waals surface area contributed by atoms with Gasteiger partial charge in [0.05, 0.1) is 0 Å². The van der Waals surface area contributed by atoms with Crippen LogP contribution in [0.1, 0.15) is 5.69 Å². The van der Waals surface area contributed by atoms with Gasteiger partial charge >= 0.3 is 0 Å². The van der Waals surface area contributed by atoms with E-state index >= 15 is 0 Å². The predicted octanol–water partition coefficient (Wildman–Crippen LogP) is 3.15. The van der Waals surface area contributed by atoms with Crippen LogP contribution in [0.4, 0.5) is 0 Å². The summed E-state index contributed by atoms with van der Waals surface area (Å²) >= 11 is 2.40. The number of alkyl halides is 1. The van der Waals surface area contributed by atoms with Gasteiger partial charge in [-0.05, 0) is 23.9 Å². The van der Waals surface area contributed by atoms with Crippen LogP contribution in [-0.4, -0.2) is 9.41 Å². The van der Waals surface area contributed by atoms with Crippen LogP contribution in [0.25, 0.3) is 10.9 Å². The molecule has 1 heterocycles. The third-order valence-electron chi connectivity index (χ3n) is 1.95. The molecule has 0 atom stereocenters. The summed E-state index contributed by atoms with van der Waals surface area (Å²) in [7, 11) is 0. The lowest BCUT2D eigenvalue weighted by atomic mass is 10.2. The van der Waals surface area contributed by atoms with Crippen molar-refractivity contribution in [3.05, 3.63) is 36.0 Å². The fraction of sp³-hybridized carbons (Fsp3) is 0.200. The van der Waals surface area contributed by atoms with Gasteiger partial charge < -0.3 is 4.98 Å². The third-order valence-corrected chi connectivity index (χ3v) is 2.49. The molecule has 0 spiro atoms. The van der Waals surface area contributed by atoms with Gasteiger partial charge in [-0.2, -0.15) is 0 Å². The molecule has 0 bridgehead atoms. The maximum absolute atomic E-state index is 3.39. The lowest BCUT2D eigenvalue weighted by Crippen LogP contribution is -1.83. The fourth-order valence-corrected chi connectivity index (χ4v) is 1.95. The normalized spacial score (nSPS) is 10.8. The molecule has 12 heavy (non-hydrogen) atoms. The Morgan fingerprint density at radius 1 is 1.25 bits per heavy atom. The maximum Gasteiger partial charge on any atom is 0.0456 e. The molecule has 2 rings (SSSR count). The first-order valence-corrected chi connectivity index (χ1v) is 5.55. The number of rotatable bonds is 2. The highest BCUT2D eigenvalue weighted by Gasteiger charge is 1.97. The van der Waals surface area contributed by atoms with Crippen molar-refractivity contribution < 1.29 is 0 Å². The van der Waals surface area contributed by atoms with E-state index < -0.39 is 0 Å². The monoisotopic (exact) mass is 271 g/mol. The summed E-state index contributed by atoms with van der Waals surface area (Å²) in [6, 6.07) is 10.6. The zero-order valence-corrected chi connectivity index (χ0v) is 8.84. The van der Waals surface area contributed by atoms with Gasteiger partial charge in [-0.15, -0.1) is 0 Å². The second-order valence-corrected chi connectivity index (χ2v) is 3.90. The molecule has 0 radical (unpaired) electrons. The highest BCUT2D eigenvalue weighted by molar-refractivity contribution is 14.1. The molecule has 62 valence electrons. The highest BCUT2D eigenvalue weighted by Crippen LogP contribution is 2.15. The van der Waals surface area contributed by atoms with Crippen molar-refractivity contribution in [2.75, 3.05) is 4.43 Å². The molecule has 2 heteroatoms. The van der Waals surface area contributed by atoms with Crippen LogP contribution in [0.2, 0.25) is 0 Å². The Kier molecular flexibility index (Phi) is 2.35. The summed E-state index contributed by atoms with van der Waals surface area (Å²) in [6.07, 6.45) is 1.13. The molecule has 1 aromatic heterocycles. The van der Waals surface area contributed by atoms with Gasteiger partial charge in [-0.25, -0.2) is 0 Å². The second-order valence-electron chi connectivity index (χ2n) is 2.82. The van der Waals surface area contributed by atoms with Gasteiger partial charge in [-0.1, -0.05) is 40.8 Å². The molecule has 2 aromatic rings. The van der Waals surface area contributed by atoms with E-state index in [0.29, 0.717) is 0 Å². The molecule has 0 amide bonds. The third kappa shape index (κ3) is 1.48. The van der Waals surface area contributed by atoms with Gasteiger partial charge in [0.15, 0.2) is 0 Å². The molecule has 0 aliphatic heterocycles. The predicted molar refractivity (Wildman–Crippen MR) is 60.9 cm³/mol. The van der Waals surface area contributed by atoms with Crippen LogP contribution in [0.5, 0.6) is 0 Å². The zero-order chi connectivity index (χ0) is 8.39. The van der Waals surface area contributed by atoms with E-state index in [4.69, 9.17) is 0 Å². The Morgan fingerprint density at radius 2 is 2.08 bits per heavy atom. The van der Waals surface area contributed by atoms with Crippen LogP contribution in [0, 0.1) is 0 Å². The summed E-state index contributed by atoms with van der Waals surface area (Å²) in [5.41, 5.74) is 2.59. The second kappa shape index (κ2) is 3.47. The molecule has 0 saturated heterocycles. The molecular weight excluding hydrogens is 261 g/mol. The number of aromatic nitrogens is 1. The molecule has 0 fully saturated rings. The lowest BCUT2D eigenvalue weighted by Gasteiger charge is -1.88. The highest BCUT2D eigenvalue weighted by atomic mass is 127. The van der Waals surface area contributed by atoms with Crippen LogP contribution in [-0.2, 0) is 6.42 Å². The minimum atomic E-state index is 1.13. The summed E-state index contributed by atoms with van der Waals surface area (Å²) < 4.78 is 1.17. The maximum atomic E-state index is 3.39. The van der Waals surface area contributed by atoms with Gasteiger partial charge in [0.25, 0.3) is 0 Å². The van der Waals surface area contributed by atoms with E-state index in [-0.39, 0.29) is 0 Å². The molecule has 0 saturated carbocycles. The molecule has 0 aliphatic rings. The zero-order valence-electron chi connectivity index (χ0n) is 6.68. The Bertz CT molecular complexity index is 345. The summed E-state index contributed by atoms with van der Waals surface area (Å²) in [5, 5.41) is 1.32. The van der Waals surface area contributed by atoms with E-state index in [2.05, 4.69) is 57.9 Å². The molecule has 1 nitrogen and oxygen atoms in total. The standard InChI is InChI=1S/C10H10IN/c11-6-5-9-7-8-3-1-2-4-10(8)12-9/h1-4,7,12H,5-6H2. The van der Waals surface area contributed by atoms with Gasteiger partial charge in [0, 0.05) is 15.6 Å². The topological polar surface area (TPSA) is 15.8 Å². The lowest BCUT2D eigenvalue weighted by molar-refractivity contribution is 1.10. The summed E-state index contributed by atoms with van der Waals surface area (Å²) in [5.74, 6) is 0. The smallest absolute Gasteiger partial charge is 0.0456 e. The van der Waals surface area contributed by atoms with E-state index in [1.807, 2.05) is 0 Å². The first-order valence-electron chi connectivity index (χ1n) is 4.03. The van der Waals surface area contributed by atoms with E-state index in [1.165, 1.54) is 21.0 Å². The van der Waals surface area contributed by atoms with E-state index in [1.54, 1.807) is 0 Å². The van der Waals surface area contributed by atoms with Crippen molar-refractivity contribution in [3.63, 3.8) is 0 Å². The molecule has 1 aromatic carbocycles. The number of halogens is 1. The molecule has 1 N–H and O–H groups in total. The average Bonchev–Trinajstić information content (AvgIpc) is 2.47. The van der Waals surface area contributed by atoms with Crippen LogP contribution < -0.4 is 0 Å². The first-order chi connectivity index (χ1) is 5.90. The number of benzene rings is 1. The number of hydrogen-bond donors (Lipinski definition) is 1. The van der Waals surface area contributed by atoms with Crippen molar-refractivity contribution in [2.45, 2.75) is 6.42 Å². The number of nitrogens with one attached hydrogen (secondary N) is 1. The van der Waals surface area contributed by atoms with Crippen molar-refractivity contribution in [2.24, 2.45) is 0 Å². The van der Waals surface area contributed by atoms with Crippen molar-refractivity contribution >= 4 is 33.5 Å². The Hall–Kier alpha value is -0.510. The number of aryl methyl sites for hydroxylation is 1. The van der Waals surface area contributed by atoms with Crippen molar-refractivity contribution in [1.82, 2.24) is 4.98 Å². The number of H-pyrrole nitrogens is 1. The fourth-order valence-electron chi connectivity index (χ4n) is 1.37. The van der Waals surface area contributed by atoms with Crippen LogP contribution in [0.15, 0.2) is 30.3 Å². The first kappa shape index (κ1) is 8.10. The van der Waals surface area contributed by atoms with Gasteiger partial charge in [0.2, 0.25) is 0 Å². The van der Waals surface area contributed by atoms with Crippen LogP contribution in [0.3, 0.4) is 0 Å². The number of hydrogen-bond acceptors (Lipinski definition) is 0. The minimum absolute atomic E-state index is 1.13. The number of aromatic amines is 1. The van der Waals surface area contributed by atoms with Gasteiger partial charge in [-0.3, -0.25) is 0 Å². The minimum Gasteiger partial charge on any atom is -0.358 e. The molecule has 0 unspecified atom stereocenters. The largest absolute Gasteiger partial charge is 0.358 e. The van der Waals surface area contributed by atoms with Gasteiger partial charge in [0.1, 0.15) is 0 Å².